The second-order valence-corrected chi connectivity index (χ2v) is 3.01. The molecule has 15 heavy (non-hydrogen) atoms. The number of carbonyl (C=O) groups excluding carboxylic acids is 1. The molecule has 0 unspecified atom stereocenters. The van der Waals surface area contributed by atoms with Crippen LogP contribution in [0.15, 0.2) is 18.3 Å². The summed E-state index contributed by atoms with van der Waals surface area (Å²) in [5, 5.41) is 7.44. The van der Waals surface area contributed by atoms with Crippen molar-refractivity contribution in [2.24, 2.45) is 0 Å². The molecular formula is C9H12ClN3O2. The molecular weight excluding hydrogens is 218 g/mol. The van der Waals surface area contributed by atoms with Gasteiger partial charge in [-0.15, -0.1) is 17.5 Å². The van der Waals surface area contributed by atoms with Crippen LogP contribution in [0.2, 0.25) is 0 Å². The number of hydrogen-bond donors (Lipinski definition) is 0. The zero-order chi connectivity index (χ0) is 9.80. The van der Waals surface area contributed by atoms with Crippen LogP contribution in [0.4, 0.5) is 0 Å². The Morgan fingerprint density at radius 3 is 2.73 bits per heavy atom. The summed E-state index contributed by atoms with van der Waals surface area (Å²) in [5.74, 6) is -0.0681. The molecule has 1 fully saturated rings. The summed E-state index contributed by atoms with van der Waals surface area (Å²) in [5.41, 5.74) is 0.398. The van der Waals surface area contributed by atoms with E-state index in [1.54, 1.807) is 23.2 Å². The van der Waals surface area contributed by atoms with E-state index in [0.717, 1.165) is 0 Å². The van der Waals surface area contributed by atoms with Gasteiger partial charge in [-0.05, 0) is 12.1 Å². The number of halogens is 1. The van der Waals surface area contributed by atoms with Gasteiger partial charge in [-0.3, -0.25) is 4.79 Å². The summed E-state index contributed by atoms with van der Waals surface area (Å²) >= 11 is 0. The average molecular weight is 230 g/mol. The maximum absolute atomic E-state index is 11.8. The minimum Gasteiger partial charge on any atom is -0.378 e. The number of rotatable bonds is 1. The Morgan fingerprint density at radius 2 is 2.13 bits per heavy atom. The smallest absolute Gasteiger partial charge is 0.274 e. The Morgan fingerprint density at radius 1 is 1.40 bits per heavy atom. The van der Waals surface area contributed by atoms with E-state index in [1.165, 1.54) is 0 Å². The van der Waals surface area contributed by atoms with Gasteiger partial charge in [0.15, 0.2) is 5.69 Å². The molecule has 1 amide bonds. The molecule has 0 saturated carbocycles. The Kier molecular flexibility index (Phi) is 4.45. The third-order valence-electron chi connectivity index (χ3n) is 2.09. The van der Waals surface area contributed by atoms with Crippen LogP contribution < -0.4 is 0 Å². The van der Waals surface area contributed by atoms with Crippen molar-refractivity contribution in [3.63, 3.8) is 0 Å². The minimum atomic E-state index is -0.0681. The van der Waals surface area contributed by atoms with Gasteiger partial charge in [-0.2, -0.15) is 5.10 Å². The lowest BCUT2D eigenvalue weighted by atomic mass is 10.3. The molecule has 0 N–H and O–H groups in total. The largest absolute Gasteiger partial charge is 0.378 e. The topological polar surface area (TPSA) is 55.3 Å². The number of hydrogen-bond acceptors (Lipinski definition) is 4. The van der Waals surface area contributed by atoms with Gasteiger partial charge in [0.1, 0.15) is 0 Å². The van der Waals surface area contributed by atoms with Gasteiger partial charge >= 0.3 is 0 Å². The van der Waals surface area contributed by atoms with E-state index in [9.17, 15) is 4.79 Å². The standard InChI is InChI=1S/C9H11N3O2.ClH/c13-9(8-2-1-3-10-11-8)12-4-6-14-7-5-12;/h1-3H,4-7H2;1H. The highest BCUT2D eigenvalue weighted by Gasteiger charge is 2.19. The Bertz CT molecular complexity index is 314. The quantitative estimate of drug-likeness (QED) is 0.698. The fraction of sp³-hybridized carbons (Fsp3) is 0.444. The molecule has 2 rings (SSSR count). The first kappa shape index (κ1) is 11.9. The molecule has 2 heterocycles. The molecule has 0 bridgehead atoms. The highest BCUT2D eigenvalue weighted by Crippen LogP contribution is 2.03. The highest BCUT2D eigenvalue weighted by atomic mass is 35.5. The molecule has 1 aromatic rings. The van der Waals surface area contributed by atoms with Crippen molar-refractivity contribution in [2.75, 3.05) is 26.3 Å². The first-order valence-corrected chi connectivity index (χ1v) is 4.52. The van der Waals surface area contributed by atoms with Crippen LogP contribution in [0.1, 0.15) is 10.5 Å². The van der Waals surface area contributed by atoms with Crippen molar-refractivity contribution in [2.45, 2.75) is 0 Å². The summed E-state index contributed by atoms with van der Waals surface area (Å²) in [6.07, 6.45) is 1.55. The molecule has 82 valence electrons. The number of aromatic nitrogens is 2. The normalized spacial score (nSPS) is 15.6. The predicted molar refractivity (Wildman–Crippen MR) is 56.0 cm³/mol. The number of carbonyl (C=O) groups is 1. The molecule has 1 aliphatic heterocycles. The molecule has 0 spiro atoms. The van der Waals surface area contributed by atoms with Gasteiger partial charge in [-0.25, -0.2) is 0 Å². The second kappa shape index (κ2) is 5.63. The Labute approximate surface area is 93.8 Å². The first-order valence-electron chi connectivity index (χ1n) is 4.52. The van der Waals surface area contributed by atoms with Crippen LogP contribution in [0.25, 0.3) is 0 Å². The molecule has 1 saturated heterocycles. The first-order chi connectivity index (χ1) is 6.88. The Balaban J connectivity index is 0.00000112. The van der Waals surface area contributed by atoms with Gasteiger partial charge in [0.05, 0.1) is 13.2 Å². The van der Waals surface area contributed by atoms with Crippen molar-refractivity contribution in [3.05, 3.63) is 24.0 Å². The highest BCUT2D eigenvalue weighted by molar-refractivity contribution is 5.92. The molecule has 0 aliphatic carbocycles. The maximum atomic E-state index is 11.8. The zero-order valence-corrected chi connectivity index (χ0v) is 8.94. The lowest BCUT2D eigenvalue weighted by Crippen LogP contribution is -2.41. The van der Waals surface area contributed by atoms with Crippen molar-refractivity contribution < 1.29 is 9.53 Å². The molecule has 0 radical (unpaired) electrons. The fourth-order valence-electron chi connectivity index (χ4n) is 1.34. The SMILES string of the molecule is Cl.O=C(c1cccnn1)N1CCOCC1. The zero-order valence-electron chi connectivity index (χ0n) is 8.13. The summed E-state index contributed by atoms with van der Waals surface area (Å²) in [6.45, 7) is 2.48. The number of amides is 1. The summed E-state index contributed by atoms with van der Waals surface area (Å²) in [4.78, 5) is 13.5. The Hall–Kier alpha value is -1.20. The van der Waals surface area contributed by atoms with E-state index in [2.05, 4.69) is 10.2 Å². The molecule has 5 nitrogen and oxygen atoms in total. The van der Waals surface area contributed by atoms with Crippen LogP contribution in [-0.4, -0.2) is 47.3 Å². The van der Waals surface area contributed by atoms with Crippen molar-refractivity contribution in [1.29, 1.82) is 0 Å². The van der Waals surface area contributed by atoms with E-state index in [4.69, 9.17) is 4.74 Å². The lowest BCUT2D eigenvalue weighted by Gasteiger charge is -2.26. The predicted octanol–water partition coefficient (Wildman–Crippen LogP) is 0.371. The number of morpholine rings is 1. The van der Waals surface area contributed by atoms with Gasteiger partial charge in [0, 0.05) is 19.3 Å². The number of nitrogens with zero attached hydrogens (tertiary/aromatic N) is 3. The van der Waals surface area contributed by atoms with Crippen LogP contribution in [0.3, 0.4) is 0 Å². The van der Waals surface area contributed by atoms with E-state index < -0.39 is 0 Å². The second-order valence-electron chi connectivity index (χ2n) is 3.01. The molecule has 1 aliphatic rings. The van der Waals surface area contributed by atoms with Crippen molar-refractivity contribution >= 4 is 18.3 Å². The fourth-order valence-corrected chi connectivity index (χ4v) is 1.34. The summed E-state index contributed by atoms with van der Waals surface area (Å²) in [7, 11) is 0. The monoisotopic (exact) mass is 229 g/mol. The minimum absolute atomic E-state index is 0. The van der Waals surface area contributed by atoms with E-state index in [1.807, 2.05) is 0 Å². The van der Waals surface area contributed by atoms with Crippen LogP contribution >= 0.6 is 12.4 Å². The van der Waals surface area contributed by atoms with Gasteiger partial charge in [-0.1, -0.05) is 0 Å². The van der Waals surface area contributed by atoms with Crippen LogP contribution in [0, 0.1) is 0 Å². The van der Waals surface area contributed by atoms with E-state index >= 15 is 0 Å². The van der Waals surface area contributed by atoms with Crippen LogP contribution in [-0.2, 0) is 4.74 Å². The van der Waals surface area contributed by atoms with Gasteiger partial charge in [0.2, 0.25) is 0 Å². The number of ether oxygens (including phenoxy) is 1. The van der Waals surface area contributed by atoms with Gasteiger partial charge in [0.25, 0.3) is 5.91 Å². The molecule has 0 atom stereocenters. The van der Waals surface area contributed by atoms with Gasteiger partial charge < -0.3 is 9.64 Å². The van der Waals surface area contributed by atoms with E-state index in [-0.39, 0.29) is 18.3 Å². The summed E-state index contributed by atoms with van der Waals surface area (Å²) in [6, 6.07) is 3.38. The third kappa shape index (κ3) is 2.87. The maximum Gasteiger partial charge on any atom is 0.274 e. The molecule has 6 heteroatoms. The molecule has 1 aromatic heterocycles. The van der Waals surface area contributed by atoms with Crippen molar-refractivity contribution in [3.8, 4) is 0 Å². The lowest BCUT2D eigenvalue weighted by molar-refractivity contribution is 0.0298. The molecule has 0 aromatic carbocycles. The third-order valence-corrected chi connectivity index (χ3v) is 2.09. The summed E-state index contributed by atoms with van der Waals surface area (Å²) < 4.78 is 5.16. The van der Waals surface area contributed by atoms with E-state index in [0.29, 0.717) is 32.0 Å². The average Bonchev–Trinajstić information content (AvgIpc) is 2.30. The van der Waals surface area contributed by atoms with Crippen molar-refractivity contribution in [1.82, 2.24) is 15.1 Å². The van der Waals surface area contributed by atoms with Crippen LogP contribution in [0.5, 0.6) is 0 Å².